The van der Waals surface area contributed by atoms with Crippen molar-refractivity contribution in [2.24, 2.45) is 5.92 Å². The molecule has 5 rings (SSSR count). The van der Waals surface area contributed by atoms with Crippen LogP contribution in [0.2, 0.25) is 0 Å². The largest absolute Gasteiger partial charge is 0.440 e. The summed E-state index contributed by atoms with van der Waals surface area (Å²) < 4.78 is 20.4. The lowest BCUT2D eigenvalue weighted by molar-refractivity contribution is -0.928. The monoisotopic (exact) mass is 361 g/mol. The number of fused-ring (bicyclic) bond motifs is 3. The number of quaternary nitrogens is 1. The van der Waals surface area contributed by atoms with E-state index in [1.165, 1.54) is 36.6 Å². The predicted molar refractivity (Wildman–Crippen MR) is 97.1 cm³/mol. The van der Waals surface area contributed by atoms with Crippen molar-refractivity contribution < 1.29 is 18.4 Å². The highest BCUT2D eigenvalue weighted by molar-refractivity contribution is 7.13. The fraction of sp³-hybridized carbons (Fsp3) is 0.421. The zero-order valence-corrected chi connectivity index (χ0v) is 15.0. The maximum atomic E-state index is 13.7. The molecular formula is C19H22FN2O2S+. The number of halogens is 1. The van der Waals surface area contributed by atoms with E-state index in [2.05, 4.69) is 12.4 Å². The Morgan fingerprint density at radius 1 is 1.32 bits per heavy atom. The molecule has 3 aliphatic heterocycles. The van der Waals surface area contributed by atoms with Crippen LogP contribution in [0.3, 0.4) is 0 Å². The van der Waals surface area contributed by atoms with Crippen molar-refractivity contribution in [3.63, 3.8) is 0 Å². The van der Waals surface area contributed by atoms with Crippen molar-refractivity contribution >= 4 is 23.1 Å². The van der Waals surface area contributed by atoms with Gasteiger partial charge in [0.15, 0.2) is 6.10 Å². The van der Waals surface area contributed by atoms with Gasteiger partial charge in [-0.1, -0.05) is 6.07 Å². The average Bonchev–Trinajstić information content (AvgIpc) is 3.11. The number of nitrogens with zero attached hydrogens (tertiary/aromatic N) is 1. The smallest absolute Gasteiger partial charge is 0.412 e. The molecule has 0 saturated carbocycles. The SMILES string of the molecule is C[N+]12CCC(CC1)[C@@H](OC(=O)Nc1ccc(F)cc1-c1cccs1)C2. The Balaban J connectivity index is 1.48. The molecule has 0 spiro atoms. The van der Waals surface area contributed by atoms with E-state index in [4.69, 9.17) is 4.74 Å². The molecule has 0 aliphatic carbocycles. The zero-order chi connectivity index (χ0) is 17.4. The molecule has 132 valence electrons. The third-order valence-corrected chi connectivity index (χ3v) is 6.39. The highest BCUT2D eigenvalue weighted by Gasteiger charge is 2.45. The summed E-state index contributed by atoms with van der Waals surface area (Å²) in [6.07, 6.45) is 1.75. The van der Waals surface area contributed by atoms with Crippen molar-refractivity contribution in [2.45, 2.75) is 18.9 Å². The summed E-state index contributed by atoms with van der Waals surface area (Å²) in [6, 6.07) is 8.21. The summed E-state index contributed by atoms with van der Waals surface area (Å²) in [5.74, 6) is 0.146. The van der Waals surface area contributed by atoms with E-state index in [0.717, 1.165) is 28.7 Å². The van der Waals surface area contributed by atoms with Crippen LogP contribution in [0.1, 0.15) is 12.8 Å². The topological polar surface area (TPSA) is 38.3 Å². The van der Waals surface area contributed by atoms with Crippen LogP contribution < -0.4 is 5.32 Å². The average molecular weight is 361 g/mol. The van der Waals surface area contributed by atoms with Gasteiger partial charge in [0.2, 0.25) is 0 Å². The molecule has 0 unspecified atom stereocenters. The van der Waals surface area contributed by atoms with Gasteiger partial charge in [-0.15, -0.1) is 11.3 Å². The third-order valence-electron chi connectivity index (χ3n) is 5.49. The number of amides is 1. The number of rotatable bonds is 3. The Hall–Kier alpha value is -1.92. The minimum atomic E-state index is -0.449. The molecule has 0 radical (unpaired) electrons. The summed E-state index contributed by atoms with van der Waals surface area (Å²) >= 11 is 1.51. The number of carbonyl (C=O) groups excluding carboxylic acids is 1. The number of thiophene rings is 1. The molecular weight excluding hydrogens is 339 g/mol. The van der Waals surface area contributed by atoms with Gasteiger partial charge in [-0.05, 0) is 29.6 Å². The Labute approximate surface area is 150 Å². The van der Waals surface area contributed by atoms with Gasteiger partial charge in [0.1, 0.15) is 12.4 Å². The molecule has 1 aromatic heterocycles. The van der Waals surface area contributed by atoms with Gasteiger partial charge in [-0.3, -0.25) is 5.32 Å². The molecule has 4 heterocycles. The van der Waals surface area contributed by atoms with E-state index >= 15 is 0 Å². The minimum Gasteiger partial charge on any atom is -0.440 e. The van der Waals surface area contributed by atoms with Gasteiger partial charge >= 0.3 is 6.09 Å². The molecule has 3 fully saturated rings. The number of benzene rings is 1. The fourth-order valence-electron chi connectivity index (χ4n) is 4.02. The molecule has 1 N–H and O–H groups in total. The minimum absolute atomic E-state index is 0.0295. The number of hydrogen-bond donors (Lipinski definition) is 1. The maximum absolute atomic E-state index is 13.7. The van der Waals surface area contributed by atoms with Crippen molar-refractivity contribution in [1.82, 2.24) is 0 Å². The van der Waals surface area contributed by atoms with Gasteiger partial charge in [-0.25, -0.2) is 9.18 Å². The first kappa shape index (κ1) is 16.5. The summed E-state index contributed by atoms with van der Waals surface area (Å²) in [4.78, 5) is 13.4. The first-order valence-electron chi connectivity index (χ1n) is 8.67. The molecule has 4 nitrogen and oxygen atoms in total. The highest BCUT2D eigenvalue weighted by Crippen LogP contribution is 2.35. The van der Waals surface area contributed by atoms with E-state index in [1.807, 2.05) is 17.5 Å². The van der Waals surface area contributed by atoms with E-state index in [1.54, 1.807) is 6.07 Å². The summed E-state index contributed by atoms with van der Waals surface area (Å²) in [5, 5.41) is 4.75. The van der Waals surface area contributed by atoms with Crippen LogP contribution in [0.5, 0.6) is 0 Å². The summed E-state index contributed by atoms with van der Waals surface area (Å²) in [5.41, 5.74) is 1.26. The number of nitrogens with one attached hydrogen (secondary N) is 1. The second-order valence-corrected chi connectivity index (χ2v) is 8.27. The fourth-order valence-corrected chi connectivity index (χ4v) is 4.78. The van der Waals surface area contributed by atoms with Gasteiger partial charge in [0, 0.05) is 29.2 Å². The standard InChI is InChI=1S/C19H21FN2O2S/c1-22-8-6-13(7-9-22)17(12-22)24-19(23)21-16-5-4-14(20)11-15(16)18-3-2-10-25-18/h2-5,10-11,13,17H,6-9,12H2,1H3/p+1/t13?,17-,22?/m0/s1. The molecule has 1 amide bonds. The van der Waals surface area contributed by atoms with Crippen LogP contribution in [0.15, 0.2) is 35.7 Å². The number of likely N-dealkylation sites (N-methyl/N-ethyl adjacent to an activating group) is 1. The van der Waals surface area contributed by atoms with Gasteiger partial charge in [-0.2, -0.15) is 0 Å². The molecule has 1 aromatic carbocycles. The first-order chi connectivity index (χ1) is 12.0. The van der Waals surface area contributed by atoms with Crippen LogP contribution in [0.4, 0.5) is 14.9 Å². The number of ether oxygens (including phenoxy) is 1. The van der Waals surface area contributed by atoms with Crippen LogP contribution in [0.25, 0.3) is 10.4 Å². The van der Waals surface area contributed by atoms with Crippen molar-refractivity contribution in [1.29, 1.82) is 0 Å². The lowest BCUT2D eigenvalue weighted by Gasteiger charge is -2.49. The molecule has 3 aliphatic rings. The molecule has 1 atom stereocenters. The zero-order valence-electron chi connectivity index (χ0n) is 14.2. The Morgan fingerprint density at radius 2 is 2.12 bits per heavy atom. The summed E-state index contributed by atoms with van der Waals surface area (Å²) in [6.45, 7) is 3.23. The van der Waals surface area contributed by atoms with Gasteiger partial charge < -0.3 is 9.22 Å². The molecule has 2 bridgehead atoms. The van der Waals surface area contributed by atoms with Crippen molar-refractivity contribution in [2.75, 3.05) is 32.0 Å². The normalized spacial score (nSPS) is 27.9. The molecule has 25 heavy (non-hydrogen) atoms. The Morgan fingerprint density at radius 3 is 2.80 bits per heavy atom. The quantitative estimate of drug-likeness (QED) is 0.826. The first-order valence-corrected chi connectivity index (χ1v) is 9.55. The van der Waals surface area contributed by atoms with E-state index < -0.39 is 6.09 Å². The van der Waals surface area contributed by atoms with Crippen LogP contribution >= 0.6 is 11.3 Å². The predicted octanol–water partition coefficient (Wildman–Crippen LogP) is 4.34. The van der Waals surface area contributed by atoms with E-state index in [-0.39, 0.29) is 11.9 Å². The molecule has 3 saturated heterocycles. The van der Waals surface area contributed by atoms with E-state index in [0.29, 0.717) is 17.2 Å². The van der Waals surface area contributed by atoms with Crippen molar-refractivity contribution in [3.8, 4) is 10.4 Å². The van der Waals surface area contributed by atoms with E-state index in [9.17, 15) is 9.18 Å². The number of hydrogen-bond acceptors (Lipinski definition) is 3. The number of piperidine rings is 3. The molecule has 6 heteroatoms. The van der Waals surface area contributed by atoms with Gasteiger partial charge in [0.05, 0.1) is 25.8 Å². The van der Waals surface area contributed by atoms with Crippen LogP contribution in [-0.2, 0) is 4.74 Å². The van der Waals surface area contributed by atoms with Crippen LogP contribution in [-0.4, -0.2) is 43.4 Å². The van der Waals surface area contributed by atoms with Crippen LogP contribution in [0, 0.1) is 11.7 Å². The summed E-state index contributed by atoms with van der Waals surface area (Å²) in [7, 11) is 2.23. The second-order valence-electron chi connectivity index (χ2n) is 7.32. The number of anilines is 1. The maximum Gasteiger partial charge on any atom is 0.412 e. The van der Waals surface area contributed by atoms with Crippen molar-refractivity contribution in [3.05, 3.63) is 41.5 Å². The number of carbonyl (C=O) groups is 1. The van der Waals surface area contributed by atoms with Gasteiger partial charge in [0.25, 0.3) is 0 Å². The molecule has 2 aromatic rings. The lowest BCUT2D eigenvalue weighted by Crippen LogP contribution is -2.62. The Kier molecular flexibility index (Phi) is 4.25. The highest BCUT2D eigenvalue weighted by atomic mass is 32.1. The lowest BCUT2D eigenvalue weighted by atomic mass is 9.84. The second kappa shape index (κ2) is 6.42. The Bertz CT molecular complexity index is 770. The third kappa shape index (κ3) is 3.41.